The minimum Gasteiger partial charge on any atom is -0.489 e. The van der Waals surface area contributed by atoms with Crippen LogP contribution in [0.5, 0.6) is 5.75 Å². The van der Waals surface area contributed by atoms with Gasteiger partial charge in [-0.05, 0) is 29.8 Å². The summed E-state index contributed by atoms with van der Waals surface area (Å²) in [5.74, 6) is 0.777. The van der Waals surface area contributed by atoms with Crippen molar-refractivity contribution in [1.82, 2.24) is 4.98 Å². The Hall–Kier alpha value is -1.75. The molecule has 2 aromatic carbocycles. The third-order valence-electron chi connectivity index (χ3n) is 3.24. The van der Waals surface area contributed by atoms with Crippen molar-refractivity contribution in [3.05, 3.63) is 75.2 Å². The van der Waals surface area contributed by atoms with Crippen LogP contribution >= 0.6 is 34.5 Å². The Morgan fingerprint density at radius 3 is 2.43 bits per heavy atom. The lowest BCUT2D eigenvalue weighted by Gasteiger charge is -2.10. The van der Waals surface area contributed by atoms with Gasteiger partial charge in [0.15, 0.2) is 5.13 Å². The number of benzene rings is 2. The number of aromatic nitrogens is 1. The van der Waals surface area contributed by atoms with E-state index in [2.05, 4.69) is 10.3 Å². The maximum Gasteiger partial charge on any atom is 0.182 e. The molecule has 0 saturated heterocycles. The second-order valence-corrected chi connectivity index (χ2v) is 6.53. The molecule has 0 amide bonds. The van der Waals surface area contributed by atoms with Crippen LogP contribution in [0, 0.1) is 0 Å². The Morgan fingerprint density at radius 2 is 1.78 bits per heavy atom. The molecule has 0 bridgehead atoms. The SMILES string of the molecule is Clc1cccc(Cl)c1COc1ccc(CNc2nccs2)cc1. The van der Waals surface area contributed by atoms with Gasteiger partial charge in [-0.2, -0.15) is 0 Å². The van der Waals surface area contributed by atoms with Crippen LogP contribution in [-0.4, -0.2) is 4.98 Å². The Balaban J connectivity index is 1.57. The van der Waals surface area contributed by atoms with Crippen LogP contribution in [0.25, 0.3) is 0 Å². The Morgan fingerprint density at radius 1 is 1.04 bits per heavy atom. The zero-order chi connectivity index (χ0) is 16.1. The number of thiazole rings is 1. The molecular weight excluding hydrogens is 351 g/mol. The van der Waals surface area contributed by atoms with Crippen molar-refractivity contribution in [1.29, 1.82) is 0 Å². The van der Waals surface area contributed by atoms with E-state index in [0.717, 1.165) is 28.6 Å². The minimum absolute atomic E-state index is 0.342. The van der Waals surface area contributed by atoms with Gasteiger partial charge in [-0.1, -0.05) is 41.4 Å². The van der Waals surface area contributed by atoms with E-state index in [9.17, 15) is 0 Å². The van der Waals surface area contributed by atoms with Gasteiger partial charge in [0, 0.05) is 33.7 Å². The van der Waals surface area contributed by atoms with Gasteiger partial charge in [-0.15, -0.1) is 11.3 Å². The lowest BCUT2D eigenvalue weighted by molar-refractivity contribution is 0.306. The first-order valence-corrected chi connectivity index (χ1v) is 8.64. The molecule has 118 valence electrons. The number of rotatable bonds is 6. The molecule has 3 rings (SSSR count). The van der Waals surface area contributed by atoms with Crippen LogP contribution < -0.4 is 10.1 Å². The number of nitrogens with zero attached hydrogens (tertiary/aromatic N) is 1. The molecule has 0 radical (unpaired) electrons. The highest BCUT2D eigenvalue weighted by Crippen LogP contribution is 2.26. The van der Waals surface area contributed by atoms with Gasteiger partial charge in [-0.3, -0.25) is 0 Å². The van der Waals surface area contributed by atoms with Crippen LogP contribution in [0.4, 0.5) is 5.13 Å². The highest BCUT2D eigenvalue weighted by atomic mass is 35.5. The predicted molar refractivity (Wildman–Crippen MR) is 96.7 cm³/mol. The van der Waals surface area contributed by atoms with E-state index in [-0.39, 0.29) is 0 Å². The quantitative estimate of drug-likeness (QED) is 0.614. The summed E-state index contributed by atoms with van der Waals surface area (Å²) in [5.41, 5.74) is 1.95. The van der Waals surface area contributed by atoms with Crippen molar-refractivity contribution in [3.63, 3.8) is 0 Å². The molecule has 3 nitrogen and oxygen atoms in total. The zero-order valence-electron chi connectivity index (χ0n) is 12.1. The smallest absolute Gasteiger partial charge is 0.182 e. The molecule has 23 heavy (non-hydrogen) atoms. The molecule has 6 heteroatoms. The van der Waals surface area contributed by atoms with Crippen molar-refractivity contribution < 1.29 is 4.74 Å². The second-order valence-electron chi connectivity index (χ2n) is 4.82. The zero-order valence-corrected chi connectivity index (χ0v) is 14.5. The molecule has 0 spiro atoms. The summed E-state index contributed by atoms with van der Waals surface area (Å²) in [6.45, 7) is 1.07. The summed E-state index contributed by atoms with van der Waals surface area (Å²) in [6, 6.07) is 13.3. The molecule has 3 aromatic rings. The largest absolute Gasteiger partial charge is 0.489 e. The van der Waals surface area contributed by atoms with Gasteiger partial charge >= 0.3 is 0 Å². The average molecular weight is 365 g/mol. The van der Waals surface area contributed by atoms with Crippen molar-refractivity contribution in [2.24, 2.45) is 0 Å². The molecular formula is C17H14Cl2N2OS. The molecule has 1 N–H and O–H groups in total. The molecule has 1 aromatic heterocycles. The lowest BCUT2D eigenvalue weighted by Crippen LogP contribution is -2.00. The van der Waals surface area contributed by atoms with Crippen molar-refractivity contribution >= 4 is 39.7 Å². The summed E-state index contributed by atoms with van der Waals surface area (Å²) in [4.78, 5) is 4.19. The summed E-state index contributed by atoms with van der Waals surface area (Å²) in [5, 5.41) is 7.35. The maximum absolute atomic E-state index is 6.13. The van der Waals surface area contributed by atoms with E-state index in [0.29, 0.717) is 16.7 Å². The Labute approximate surface area is 148 Å². The minimum atomic E-state index is 0.342. The van der Waals surface area contributed by atoms with Gasteiger partial charge in [0.1, 0.15) is 12.4 Å². The molecule has 0 aliphatic rings. The van der Waals surface area contributed by atoms with Crippen molar-refractivity contribution in [3.8, 4) is 5.75 Å². The highest BCUT2D eigenvalue weighted by molar-refractivity contribution is 7.13. The first-order chi connectivity index (χ1) is 11.2. The number of ether oxygens (including phenoxy) is 1. The molecule has 0 saturated carbocycles. The number of hydrogen-bond acceptors (Lipinski definition) is 4. The van der Waals surface area contributed by atoms with Gasteiger partial charge in [0.2, 0.25) is 0 Å². The summed E-state index contributed by atoms with van der Waals surface area (Å²) in [6.07, 6.45) is 1.78. The number of hydrogen-bond donors (Lipinski definition) is 1. The molecule has 0 fully saturated rings. The molecule has 0 atom stereocenters. The Kier molecular flexibility index (Phi) is 5.39. The predicted octanol–water partition coefficient (Wildman–Crippen LogP) is 5.64. The summed E-state index contributed by atoms with van der Waals surface area (Å²) >= 11 is 13.8. The molecule has 0 aliphatic carbocycles. The fourth-order valence-electron chi connectivity index (χ4n) is 2.02. The van der Waals surface area contributed by atoms with E-state index in [1.165, 1.54) is 0 Å². The fourth-order valence-corrected chi connectivity index (χ4v) is 3.05. The van der Waals surface area contributed by atoms with Crippen LogP contribution in [0.15, 0.2) is 54.0 Å². The van der Waals surface area contributed by atoms with Crippen LogP contribution in [0.3, 0.4) is 0 Å². The van der Waals surface area contributed by atoms with Gasteiger partial charge in [0.05, 0.1) is 0 Å². The summed E-state index contributed by atoms with van der Waals surface area (Å²) < 4.78 is 5.76. The first-order valence-electron chi connectivity index (χ1n) is 7.00. The van der Waals surface area contributed by atoms with E-state index < -0.39 is 0 Å². The molecule has 1 heterocycles. The third kappa shape index (κ3) is 4.38. The van der Waals surface area contributed by atoms with Crippen molar-refractivity contribution in [2.45, 2.75) is 13.2 Å². The topological polar surface area (TPSA) is 34.1 Å². The Bertz CT molecular complexity index is 741. The first kappa shape index (κ1) is 16.1. The third-order valence-corrected chi connectivity index (χ3v) is 4.68. The van der Waals surface area contributed by atoms with Gasteiger partial charge in [0.25, 0.3) is 0 Å². The van der Waals surface area contributed by atoms with Gasteiger partial charge < -0.3 is 10.1 Å². The number of anilines is 1. The van der Waals surface area contributed by atoms with Crippen LogP contribution in [0.2, 0.25) is 10.0 Å². The fraction of sp³-hybridized carbons (Fsp3) is 0.118. The molecule has 0 unspecified atom stereocenters. The van der Waals surface area contributed by atoms with Crippen LogP contribution in [-0.2, 0) is 13.2 Å². The molecule has 0 aliphatic heterocycles. The van der Waals surface area contributed by atoms with Gasteiger partial charge in [-0.25, -0.2) is 4.98 Å². The standard InChI is InChI=1S/C17H14Cl2N2OS/c18-15-2-1-3-16(19)14(15)11-22-13-6-4-12(5-7-13)10-21-17-20-8-9-23-17/h1-9H,10-11H2,(H,20,21). The van der Waals surface area contributed by atoms with E-state index >= 15 is 0 Å². The lowest BCUT2D eigenvalue weighted by atomic mass is 10.2. The monoisotopic (exact) mass is 364 g/mol. The normalized spacial score (nSPS) is 10.5. The van der Waals surface area contributed by atoms with E-state index in [1.807, 2.05) is 35.7 Å². The van der Waals surface area contributed by atoms with E-state index in [4.69, 9.17) is 27.9 Å². The van der Waals surface area contributed by atoms with E-state index in [1.54, 1.807) is 29.7 Å². The highest BCUT2D eigenvalue weighted by Gasteiger charge is 2.06. The maximum atomic E-state index is 6.13. The second kappa shape index (κ2) is 7.68. The number of halogens is 2. The summed E-state index contributed by atoms with van der Waals surface area (Å²) in [7, 11) is 0. The van der Waals surface area contributed by atoms with Crippen LogP contribution in [0.1, 0.15) is 11.1 Å². The average Bonchev–Trinajstić information content (AvgIpc) is 3.07. The van der Waals surface area contributed by atoms with Crippen molar-refractivity contribution in [2.75, 3.05) is 5.32 Å². The number of nitrogens with one attached hydrogen (secondary N) is 1.